The Labute approximate surface area is 140 Å². The van der Waals surface area contributed by atoms with Crippen LogP contribution in [0.1, 0.15) is 18.4 Å². The molecule has 0 saturated carbocycles. The van der Waals surface area contributed by atoms with Gasteiger partial charge >= 0.3 is 5.97 Å². The van der Waals surface area contributed by atoms with Crippen molar-refractivity contribution in [3.63, 3.8) is 0 Å². The van der Waals surface area contributed by atoms with Crippen LogP contribution >= 0.6 is 23.2 Å². The predicted molar refractivity (Wildman–Crippen MR) is 87.1 cm³/mol. The number of carbonyl (C=O) groups is 2. The Kier molecular flexibility index (Phi) is 8.24. The van der Waals surface area contributed by atoms with E-state index in [2.05, 4.69) is 10.1 Å². The maximum atomic E-state index is 11.8. The molecule has 0 radical (unpaired) electrons. The van der Waals surface area contributed by atoms with Gasteiger partial charge in [-0.25, -0.2) is 0 Å². The normalized spacial score (nSPS) is 10.6. The standard InChI is InChI=1S/C15H20Cl2N2O3/c1-19(9-11-5-6-12(16)8-13(11)17)10-14(20)18-7-3-4-15(21)22-2/h5-6,8H,3-4,7,9-10H2,1-2H3,(H,18,20). The molecule has 0 aromatic heterocycles. The van der Waals surface area contributed by atoms with Gasteiger partial charge in [-0.05, 0) is 31.2 Å². The average Bonchev–Trinajstić information content (AvgIpc) is 2.46. The highest BCUT2D eigenvalue weighted by Gasteiger charge is 2.09. The summed E-state index contributed by atoms with van der Waals surface area (Å²) in [5.41, 5.74) is 0.909. The van der Waals surface area contributed by atoms with Crippen LogP contribution in [0.15, 0.2) is 18.2 Å². The van der Waals surface area contributed by atoms with E-state index in [0.29, 0.717) is 36.0 Å². The third-order valence-corrected chi connectivity index (χ3v) is 3.56. The maximum Gasteiger partial charge on any atom is 0.305 e. The number of likely N-dealkylation sites (N-methyl/N-ethyl adjacent to an activating group) is 1. The lowest BCUT2D eigenvalue weighted by Crippen LogP contribution is -2.35. The fourth-order valence-electron chi connectivity index (χ4n) is 1.86. The van der Waals surface area contributed by atoms with Crippen LogP contribution in [0.25, 0.3) is 0 Å². The number of halogens is 2. The Hall–Kier alpha value is -1.30. The van der Waals surface area contributed by atoms with Gasteiger partial charge in [-0.15, -0.1) is 0 Å². The Balaban J connectivity index is 2.30. The summed E-state index contributed by atoms with van der Waals surface area (Å²) < 4.78 is 4.53. The van der Waals surface area contributed by atoms with Crippen LogP contribution in [0, 0.1) is 0 Å². The molecule has 0 aliphatic heterocycles. The summed E-state index contributed by atoms with van der Waals surface area (Å²) in [6.45, 7) is 1.24. The van der Waals surface area contributed by atoms with Crippen molar-refractivity contribution >= 4 is 35.1 Å². The molecule has 0 heterocycles. The summed E-state index contributed by atoms with van der Waals surface area (Å²) in [6.07, 6.45) is 0.859. The average molecular weight is 347 g/mol. The van der Waals surface area contributed by atoms with Crippen molar-refractivity contribution in [1.82, 2.24) is 10.2 Å². The number of amides is 1. The molecule has 0 fully saturated rings. The first kappa shape index (κ1) is 18.7. The van der Waals surface area contributed by atoms with Crippen molar-refractivity contribution in [3.8, 4) is 0 Å². The van der Waals surface area contributed by atoms with E-state index in [1.165, 1.54) is 7.11 Å². The van der Waals surface area contributed by atoms with E-state index in [-0.39, 0.29) is 18.4 Å². The first-order valence-electron chi connectivity index (χ1n) is 6.88. The molecule has 0 aliphatic carbocycles. The molecule has 0 saturated heterocycles. The van der Waals surface area contributed by atoms with E-state index in [4.69, 9.17) is 23.2 Å². The Morgan fingerprint density at radius 1 is 1.32 bits per heavy atom. The Morgan fingerprint density at radius 3 is 2.68 bits per heavy atom. The van der Waals surface area contributed by atoms with Crippen molar-refractivity contribution in [2.75, 3.05) is 27.2 Å². The van der Waals surface area contributed by atoms with Gasteiger partial charge in [0.1, 0.15) is 0 Å². The number of methoxy groups -OCH3 is 1. The van der Waals surface area contributed by atoms with Crippen molar-refractivity contribution in [2.45, 2.75) is 19.4 Å². The lowest BCUT2D eigenvalue weighted by atomic mass is 10.2. The summed E-state index contributed by atoms with van der Waals surface area (Å²) in [6, 6.07) is 5.29. The third kappa shape index (κ3) is 7.11. The number of benzene rings is 1. The zero-order chi connectivity index (χ0) is 16.5. The van der Waals surface area contributed by atoms with Crippen LogP contribution < -0.4 is 5.32 Å². The smallest absolute Gasteiger partial charge is 0.305 e. The molecule has 0 unspecified atom stereocenters. The summed E-state index contributed by atoms with van der Waals surface area (Å²) in [4.78, 5) is 24.6. The number of nitrogens with one attached hydrogen (secondary N) is 1. The number of hydrogen-bond donors (Lipinski definition) is 1. The van der Waals surface area contributed by atoms with Crippen molar-refractivity contribution in [3.05, 3.63) is 33.8 Å². The monoisotopic (exact) mass is 346 g/mol. The molecule has 1 aromatic rings. The van der Waals surface area contributed by atoms with E-state index in [1.807, 2.05) is 18.0 Å². The summed E-state index contributed by atoms with van der Waals surface area (Å²) in [5.74, 6) is -0.374. The third-order valence-electron chi connectivity index (χ3n) is 2.98. The molecular weight excluding hydrogens is 327 g/mol. The molecule has 5 nitrogen and oxygen atoms in total. The van der Waals surface area contributed by atoms with E-state index < -0.39 is 0 Å². The van der Waals surface area contributed by atoms with Gasteiger partial charge in [-0.3, -0.25) is 14.5 Å². The molecule has 122 valence electrons. The molecular formula is C15H20Cl2N2O3. The van der Waals surface area contributed by atoms with Crippen LogP contribution in [0.4, 0.5) is 0 Å². The number of rotatable bonds is 8. The van der Waals surface area contributed by atoms with Crippen LogP contribution in [-0.4, -0.2) is 44.0 Å². The highest BCUT2D eigenvalue weighted by atomic mass is 35.5. The van der Waals surface area contributed by atoms with Gasteiger partial charge in [-0.2, -0.15) is 0 Å². The van der Waals surface area contributed by atoms with E-state index >= 15 is 0 Å². The predicted octanol–water partition coefficient (Wildman–Crippen LogP) is 2.49. The zero-order valence-corrected chi connectivity index (χ0v) is 14.2. The highest BCUT2D eigenvalue weighted by molar-refractivity contribution is 6.35. The van der Waals surface area contributed by atoms with Gasteiger partial charge < -0.3 is 10.1 Å². The lowest BCUT2D eigenvalue weighted by Gasteiger charge is -2.17. The molecule has 0 bridgehead atoms. The molecule has 1 aromatic carbocycles. The van der Waals surface area contributed by atoms with Gasteiger partial charge in [0.25, 0.3) is 0 Å². The molecule has 0 atom stereocenters. The second-order valence-corrected chi connectivity index (χ2v) is 5.78. The molecule has 0 aliphatic rings. The number of carbonyl (C=O) groups excluding carboxylic acids is 2. The van der Waals surface area contributed by atoms with Gasteiger partial charge in [0, 0.05) is 29.6 Å². The van der Waals surface area contributed by atoms with Crippen LogP contribution in [0.2, 0.25) is 10.0 Å². The minimum absolute atomic E-state index is 0.0996. The van der Waals surface area contributed by atoms with Gasteiger partial charge in [0.2, 0.25) is 5.91 Å². The number of ether oxygens (including phenoxy) is 1. The molecule has 1 amide bonds. The Bertz CT molecular complexity index is 524. The SMILES string of the molecule is COC(=O)CCCNC(=O)CN(C)Cc1ccc(Cl)cc1Cl. The fourth-order valence-corrected chi connectivity index (χ4v) is 2.33. The Morgan fingerprint density at radius 2 is 2.05 bits per heavy atom. The second-order valence-electron chi connectivity index (χ2n) is 4.94. The van der Waals surface area contributed by atoms with Gasteiger partial charge in [0.05, 0.1) is 13.7 Å². The summed E-state index contributed by atoms with van der Waals surface area (Å²) >= 11 is 11.9. The fraction of sp³-hybridized carbons (Fsp3) is 0.467. The van der Waals surface area contributed by atoms with Crippen molar-refractivity contribution < 1.29 is 14.3 Å². The summed E-state index contributed by atoms with van der Waals surface area (Å²) in [7, 11) is 3.18. The van der Waals surface area contributed by atoms with Gasteiger partial charge in [0.15, 0.2) is 0 Å². The number of hydrogen-bond acceptors (Lipinski definition) is 4. The largest absolute Gasteiger partial charge is 0.469 e. The van der Waals surface area contributed by atoms with Crippen LogP contribution in [-0.2, 0) is 20.9 Å². The van der Waals surface area contributed by atoms with E-state index in [1.54, 1.807) is 12.1 Å². The first-order valence-corrected chi connectivity index (χ1v) is 7.64. The highest BCUT2D eigenvalue weighted by Crippen LogP contribution is 2.21. The zero-order valence-electron chi connectivity index (χ0n) is 12.7. The molecule has 1 N–H and O–H groups in total. The molecule has 0 spiro atoms. The minimum Gasteiger partial charge on any atom is -0.469 e. The molecule has 7 heteroatoms. The van der Waals surface area contributed by atoms with Gasteiger partial charge in [-0.1, -0.05) is 29.3 Å². The maximum absolute atomic E-state index is 11.8. The number of esters is 1. The topological polar surface area (TPSA) is 58.6 Å². The quantitative estimate of drug-likeness (QED) is 0.580. The second kappa shape index (κ2) is 9.66. The minimum atomic E-state index is -0.274. The summed E-state index contributed by atoms with van der Waals surface area (Å²) in [5, 5.41) is 3.92. The van der Waals surface area contributed by atoms with E-state index in [0.717, 1.165) is 5.56 Å². The van der Waals surface area contributed by atoms with Crippen molar-refractivity contribution in [1.29, 1.82) is 0 Å². The molecule has 22 heavy (non-hydrogen) atoms. The van der Waals surface area contributed by atoms with E-state index in [9.17, 15) is 9.59 Å². The van der Waals surface area contributed by atoms with Crippen LogP contribution in [0.5, 0.6) is 0 Å². The molecule has 1 rings (SSSR count). The first-order chi connectivity index (χ1) is 10.4. The van der Waals surface area contributed by atoms with Crippen molar-refractivity contribution in [2.24, 2.45) is 0 Å². The van der Waals surface area contributed by atoms with Crippen LogP contribution in [0.3, 0.4) is 0 Å². The lowest BCUT2D eigenvalue weighted by molar-refractivity contribution is -0.140. The number of nitrogens with zero attached hydrogens (tertiary/aromatic N) is 1.